The average Bonchev–Trinajstić information content (AvgIpc) is 3.05. The first-order chi connectivity index (χ1) is 12.6. The molecular formula is C22H33NO3. The van der Waals surface area contributed by atoms with Gasteiger partial charge in [0.05, 0.1) is 6.04 Å². The molecule has 2 amide bonds. The molecule has 1 saturated heterocycles. The molecule has 4 heteroatoms. The number of hydrogen-bond donors (Lipinski definition) is 0. The summed E-state index contributed by atoms with van der Waals surface area (Å²) in [4.78, 5) is 26.0. The Balaban J connectivity index is 1.77. The maximum Gasteiger partial charge on any atom is 0.416 e. The number of ether oxygens (including phenoxy) is 1. The third kappa shape index (κ3) is 5.86. The fourth-order valence-electron chi connectivity index (χ4n) is 3.60. The molecule has 1 unspecified atom stereocenters. The summed E-state index contributed by atoms with van der Waals surface area (Å²) in [6.07, 6.45) is 9.45. The Bertz CT molecular complexity index is 558. The second kappa shape index (κ2) is 11.0. The van der Waals surface area contributed by atoms with Crippen LogP contribution in [0.4, 0.5) is 4.79 Å². The molecule has 1 heterocycles. The normalized spacial score (nSPS) is 18.0. The van der Waals surface area contributed by atoms with E-state index < -0.39 is 6.09 Å². The molecule has 0 aliphatic carbocycles. The first kappa shape index (κ1) is 20.5. The van der Waals surface area contributed by atoms with E-state index in [1.165, 1.54) is 43.4 Å². The summed E-state index contributed by atoms with van der Waals surface area (Å²) in [5.74, 6) is -0.0172. The van der Waals surface area contributed by atoms with Gasteiger partial charge in [-0.15, -0.1) is 0 Å². The molecule has 0 N–H and O–H groups in total. The van der Waals surface area contributed by atoms with Gasteiger partial charge in [-0.3, -0.25) is 4.79 Å². The molecule has 2 rings (SSSR count). The van der Waals surface area contributed by atoms with Crippen LogP contribution in [0.15, 0.2) is 30.3 Å². The van der Waals surface area contributed by atoms with Crippen LogP contribution in [-0.4, -0.2) is 29.5 Å². The van der Waals surface area contributed by atoms with Crippen LogP contribution in [0, 0.1) is 0 Å². The van der Waals surface area contributed by atoms with Gasteiger partial charge in [0, 0.05) is 12.3 Å². The number of amides is 2. The Labute approximate surface area is 157 Å². The quantitative estimate of drug-likeness (QED) is 0.478. The number of benzene rings is 1. The second-order valence-electron chi connectivity index (χ2n) is 7.33. The largest absolute Gasteiger partial charge is 0.447 e. The van der Waals surface area contributed by atoms with Crippen LogP contribution in [0.5, 0.6) is 0 Å². The molecule has 144 valence electrons. The van der Waals surface area contributed by atoms with Gasteiger partial charge in [-0.25, -0.2) is 9.69 Å². The molecule has 1 aromatic carbocycles. The molecule has 0 spiro atoms. The summed E-state index contributed by atoms with van der Waals surface area (Å²) in [5, 5.41) is 0. The van der Waals surface area contributed by atoms with Crippen molar-refractivity contribution in [1.82, 2.24) is 4.90 Å². The van der Waals surface area contributed by atoms with Gasteiger partial charge in [-0.05, 0) is 12.0 Å². The minimum atomic E-state index is -0.484. The van der Waals surface area contributed by atoms with E-state index in [9.17, 15) is 9.59 Å². The van der Waals surface area contributed by atoms with Gasteiger partial charge in [0.15, 0.2) is 0 Å². The molecule has 1 aliphatic heterocycles. The highest BCUT2D eigenvalue weighted by atomic mass is 16.6. The molecule has 0 bridgehead atoms. The Hall–Kier alpha value is -1.84. The zero-order valence-corrected chi connectivity index (χ0v) is 16.3. The minimum Gasteiger partial charge on any atom is -0.447 e. The summed E-state index contributed by atoms with van der Waals surface area (Å²) >= 11 is 0. The Kier molecular flexibility index (Phi) is 8.66. The first-order valence-corrected chi connectivity index (χ1v) is 10.2. The fraction of sp³-hybridized carbons (Fsp3) is 0.636. The van der Waals surface area contributed by atoms with Gasteiger partial charge < -0.3 is 4.74 Å². The zero-order valence-electron chi connectivity index (χ0n) is 16.3. The van der Waals surface area contributed by atoms with Crippen molar-refractivity contribution in [2.75, 3.05) is 6.61 Å². The Morgan fingerprint density at radius 1 is 1.08 bits per heavy atom. The van der Waals surface area contributed by atoms with Crippen molar-refractivity contribution in [2.45, 2.75) is 83.6 Å². The maximum atomic E-state index is 12.6. The number of rotatable bonds is 11. The lowest BCUT2D eigenvalue weighted by Gasteiger charge is -2.25. The van der Waals surface area contributed by atoms with Crippen molar-refractivity contribution in [3.8, 4) is 0 Å². The van der Waals surface area contributed by atoms with E-state index in [1.807, 2.05) is 30.3 Å². The third-order valence-electron chi connectivity index (χ3n) is 5.32. The van der Waals surface area contributed by atoms with Gasteiger partial charge in [0.25, 0.3) is 0 Å². The standard InChI is InChI=1S/C22H33NO3/c1-3-4-5-6-7-8-9-13-16-21(24)23-20(17-26-22(23)25)18(2)19-14-11-10-12-15-19/h10-12,14-15,18,20H,3-9,13,16-17H2,1-2H3/t18-,20?/m1/s1. The van der Waals surface area contributed by atoms with E-state index in [-0.39, 0.29) is 24.5 Å². The van der Waals surface area contributed by atoms with Gasteiger partial charge >= 0.3 is 6.09 Å². The fourth-order valence-corrected chi connectivity index (χ4v) is 3.60. The number of carbonyl (C=O) groups excluding carboxylic acids is 2. The van der Waals surface area contributed by atoms with Crippen LogP contribution in [0.1, 0.15) is 83.1 Å². The van der Waals surface area contributed by atoms with Crippen molar-refractivity contribution in [1.29, 1.82) is 0 Å². The van der Waals surface area contributed by atoms with E-state index in [4.69, 9.17) is 4.74 Å². The van der Waals surface area contributed by atoms with E-state index in [2.05, 4.69) is 13.8 Å². The van der Waals surface area contributed by atoms with Crippen LogP contribution in [0.25, 0.3) is 0 Å². The highest BCUT2D eigenvalue weighted by Crippen LogP contribution is 2.28. The molecule has 1 aromatic rings. The summed E-state index contributed by atoms with van der Waals surface area (Å²) in [6, 6.07) is 9.80. The number of carbonyl (C=O) groups is 2. The van der Waals surface area contributed by atoms with Crippen molar-refractivity contribution < 1.29 is 14.3 Å². The molecular weight excluding hydrogens is 326 g/mol. The van der Waals surface area contributed by atoms with Crippen molar-refractivity contribution in [3.63, 3.8) is 0 Å². The topological polar surface area (TPSA) is 46.6 Å². The second-order valence-corrected chi connectivity index (χ2v) is 7.33. The summed E-state index contributed by atoms with van der Waals surface area (Å²) in [7, 11) is 0. The van der Waals surface area contributed by atoms with Gasteiger partial charge in [0.1, 0.15) is 6.61 Å². The maximum absolute atomic E-state index is 12.6. The summed E-state index contributed by atoms with van der Waals surface area (Å²) < 4.78 is 5.19. The van der Waals surface area contributed by atoms with E-state index in [0.29, 0.717) is 6.42 Å². The van der Waals surface area contributed by atoms with Crippen LogP contribution in [-0.2, 0) is 9.53 Å². The van der Waals surface area contributed by atoms with Crippen LogP contribution in [0.3, 0.4) is 0 Å². The predicted molar refractivity (Wildman–Crippen MR) is 104 cm³/mol. The molecule has 1 fully saturated rings. The van der Waals surface area contributed by atoms with Gasteiger partial charge in [-0.2, -0.15) is 0 Å². The van der Waals surface area contributed by atoms with Gasteiger partial charge in [-0.1, -0.05) is 89.1 Å². The molecule has 26 heavy (non-hydrogen) atoms. The predicted octanol–water partition coefficient (Wildman–Crippen LogP) is 5.67. The van der Waals surface area contributed by atoms with E-state index in [0.717, 1.165) is 18.4 Å². The van der Waals surface area contributed by atoms with E-state index in [1.54, 1.807) is 0 Å². The average molecular weight is 360 g/mol. The highest BCUT2D eigenvalue weighted by molar-refractivity contribution is 5.93. The molecule has 2 atom stereocenters. The van der Waals surface area contributed by atoms with Crippen LogP contribution >= 0.6 is 0 Å². The zero-order chi connectivity index (χ0) is 18.8. The highest BCUT2D eigenvalue weighted by Gasteiger charge is 2.40. The molecule has 0 radical (unpaired) electrons. The number of unbranched alkanes of at least 4 members (excludes halogenated alkanes) is 7. The Morgan fingerprint density at radius 3 is 2.35 bits per heavy atom. The summed E-state index contributed by atoms with van der Waals surface area (Å²) in [6.45, 7) is 4.57. The lowest BCUT2D eigenvalue weighted by molar-refractivity contribution is -0.129. The lowest BCUT2D eigenvalue weighted by atomic mass is 9.93. The van der Waals surface area contributed by atoms with Crippen molar-refractivity contribution in [2.24, 2.45) is 0 Å². The smallest absolute Gasteiger partial charge is 0.416 e. The SMILES string of the molecule is CCCCCCCCCCC(=O)N1C(=O)OCC1[C@H](C)c1ccccc1. The number of nitrogens with zero attached hydrogens (tertiary/aromatic N) is 1. The molecule has 4 nitrogen and oxygen atoms in total. The first-order valence-electron chi connectivity index (χ1n) is 10.2. The van der Waals surface area contributed by atoms with Gasteiger partial charge in [0.2, 0.25) is 5.91 Å². The van der Waals surface area contributed by atoms with E-state index >= 15 is 0 Å². The number of imide groups is 1. The molecule has 1 aliphatic rings. The molecule has 0 saturated carbocycles. The molecule has 0 aromatic heterocycles. The number of cyclic esters (lactones) is 1. The number of hydrogen-bond acceptors (Lipinski definition) is 3. The minimum absolute atomic E-state index is 0.0742. The van der Waals surface area contributed by atoms with Crippen LogP contribution in [0.2, 0.25) is 0 Å². The Morgan fingerprint density at radius 2 is 1.69 bits per heavy atom. The van der Waals surface area contributed by atoms with Crippen molar-refractivity contribution in [3.05, 3.63) is 35.9 Å². The lowest BCUT2D eigenvalue weighted by Crippen LogP contribution is -2.41. The monoisotopic (exact) mass is 359 g/mol. The summed E-state index contributed by atoms with van der Waals surface area (Å²) in [5.41, 5.74) is 1.13. The van der Waals surface area contributed by atoms with Crippen LogP contribution < -0.4 is 0 Å². The van der Waals surface area contributed by atoms with Crippen molar-refractivity contribution >= 4 is 12.0 Å². The third-order valence-corrected chi connectivity index (χ3v) is 5.32.